The van der Waals surface area contributed by atoms with Gasteiger partial charge in [-0.2, -0.15) is 5.10 Å². The summed E-state index contributed by atoms with van der Waals surface area (Å²) in [4.78, 5) is 37.9. The number of thiophene rings is 1. The van der Waals surface area contributed by atoms with E-state index in [1.54, 1.807) is 6.92 Å². The van der Waals surface area contributed by atoms with Crippen molar-refractivity contribution < 1.29 is 23.5 Å². The van der Waals surface area contributed by atoms with Crippen molar-refractivity contribution in [2.75, 3.05) is 11.9 Å². The molecule has 1 aromatic heterocycles. The van der Waals surface area contributed by atoms with E-state index in [1.165, 1.54) is 41.8 Å². The van der Waals surface area contributed by atoms with Gasteiger partial charge in [-0.05, 0) is 55.4 Å². The number of carbonyl (C=O) groups excluding carboxylic acids is 3. The summed E-state index contributed by atoms with van der Waals surface area (Å²) < 4.78 is 18.0. The lowest BCUT2D eigenvalue weighted by Gasteiger charge is -2.18. The van der Waals surface area contributed by atoms with Crippen LogP contribution in [0.25, 0.3) is 0 Å². The van der Waals surface area contributed by atoms with E-state index in [2.05, 4.69) is 22.8 Å². The Morgan fingerprint density at radius 1 is 1.27 bits per heavy atom. The maximum atomic E-state index is 12.9. The molecule has 7 nitrogen and oxygen atoms in total. The first kappa shape index (κ1) is 21.6. The van der Waals surface area contributed by atoms with E-state index in [4.69, 9.17) is 4.74 Å². The third kappa shape index (κ3) is 5.10. The van der Waals surface area contributed by atoms with Gasteiger partial charge in [0, 0.05) is 4.88 Å². The van der Waals surface area contributed by atoms with Crippen molar-refractivity contribution in [1.82, 2.24) is 5.43 Å². The van der Waals surface area contributed by atoms with Crippen molar-refractivity contribution >= 4 is 40.3 Å². The zero-order valence-corrected chi connectivity index (χ0v) is 17.5. The van der Waals surface area contributed by atoms with Gasteiger partial charge in [-0.25, -0.2) is 14.6 Å². The molecular formula is C21H22FN3O4S. The minimum atomic E-state index is -0.983. The highest BCUT2D eigenvalue weighted by atomic mass is 32.1. The normalized spacial score (nSPS) is 15.5. The van der Waals surface area contributed by atoms with Crippen molar-refractivity contribution in [2.24, 2.45) is 11.0 Å². The highest BCUT2D eigenvalue weighted by molar-refractivity contribution is 7.17. The maximum Gasteiger partial charge on any atom is 0.341 e. The van der Waals surface area contributed by atoms with Crippen molar-refractivity contribution in [1.29, 1.82) is 0 Å². The third-order valence-electron chi connectivity index (χ3n) is 4.67. The molecule has 0 spiro atoms. The second-order valence-electron chi connectivity index (χ2n) is 6.98. The van der Waals surface area contributed by atoms with Gasteiger partial charge in [0.25, 0.3) is 0 Å². The Bertz CT molecular complexity index is 985. The molecule has 30 heavy (non-hydrogen) atoms. The minimum absolute atomic E-state index is 0.214. The van der Waals surface area contributed by atoms with E-state index >= 15 is 0 Å². The molecule has 0 radical (unpaired) electrons. The van der Waals surface area contributed by atoms with E-state index in [0.717, 1.165) is 29.7 Å². The molecule has 1 atom stereocenters. The fraction of sp³-hybridized carbons (Fsp3) is 0.333. The van der Waals surface area contributed by atoms with Gasteiger partial charge >= 0.3 is 17.8 Å². The van der Waals surface area contributed by atoms with Crippen LogP contribution in [-0.2, 0) is 27.2 Å². The van der Waals surface area contributed by atoms with Gasteiger partial charge < -0.3 is 10.1 Å². The molecule has 1 heterocycles. The van der Waals surface area contributed by atoms with Crippen LogP contribution in [0.15, 0.2) is 29.4 Å². The Morgan fingerprint density at radius 2 is 2.00 bits per heavy atom. The van der Waals surface area contributed by atoms with Crippen LogP contribution in [-0.4, -0.2) is 30.6 Å². The van der Waals surface area contributed by atoms with Crippen molar-refractivity contribution in [3.8, 4) is 0 Å². The molecule has 0 saturated heterocycles. The van der Waals surface area contributed by atoms with Gasteiger partial charge in [0.2, 0.25) is 0 Å². The van der Waals surface area contributed by atoms with E-state index in [1.807, 2.05) is 0 Å². The van der Waals surface area contributed by atoms with Crippen molar-refractivity contribution in [3.05, 3.63) is 51.7 Å². The van der Waals surface area contributed by atoms with Crippen LogP contribution in [0.3, 0.4) is 0 Å². The Hall–Kier alpha value is -3.07. The van der Waals surface area contributed by atoms with Gasteiger partial charge in [0.1, 0.15) is 10.8 Å². The summed E-state index contributed by atoms with van der Waals surface area (Å²) in [6.45, 7) is 4.06. The number of amides is 2. The van der Waals surface area contributed by atoms with Crippen LogP contribution < -0.4 is 10.7 Å². The Labute approximate surface area is 177 Å². The molecule has 1 aromatic carbocycles. The summed E-state index contributed by atoms with van der Waals surface area (Å²) in [5.41, 5.74) is 3.90. The number of rotatable bonds is 5. The molecule has 1 unspecified atom stereocenters. The fourth-order valence-electron chi connectivity index (χ4n) is 3.18. The van der Waals surface area contributed by atoms with Crippen molar-refractivity contribution in [3.63, 3.8) is 0 Å². The SMILES string of the molecule is CCOC(=O)c1c(NC(=O)C(=O)NN=Cc2ccc(F)cc2)sc2c1CCC(C)C2. The number of nitrogens with one attached hydrogen (secondary N) is 2. The Balaban J connectivity index is 1.71. The van der Waals surface area contributed by atoms with Crippen LogP contribution in [0.2, 0.25) is 0 Å². The van der Waals surface area contributed by atoms with Gasteiger partial charge in [-0.3, -0.25) is 9.59 Å². The number of hydrogen-bond donors (Lipinski definition) is 2. The minimum Gasteiger partial charge on any atom is -0.462 e. The number of esters is 1. The summed E-state index contributed by atoms with van der Waals surface area (Å²) in [7, 11) is 0. The molecule has 2 N–H and O–H groups in total. The molecule has 0 saturated carbocycles. The molecule has 2 aromatic rings. The lowest BCUT2D eigenvalue weighted by molar-refractivity contribution is -0.136. The van der Waals surface area contributed by atoms with Gasteiger partial charge in [0.15, 0.2) is 0 Å². The van der Waals surface area contributed by atoms with Gasteiger partial charge in [-0.1, -0.05) is 19.1 Å². The standard InChI is InChI=1S/C21H22FN3O4S/c1-3-29-21(28)17-15-9-4-12(2)10-16(15)30-20(17)24-18(26)19(27)25-23-11-13-5-7-14(22)8-6-13/h5-8,11-12H,3-4,9-10H2,1-2H3,(H,24,26)(H,25,27). The van der Waals surface area contributed by atoms with E-state index in [0.29, 0.717) is 22.0 Å². The highest BCUT2D eigenvalue weighted by Gasteiger charge is 2.30. The lowest BCUT2D eigenvalue weighted by Crippen LogP contribution is -2.32. The molecule has 158 valence electrons. The molecule has 2 amide bonds. The molecule has 1 aliphatic carbocycles. The number of ether oxygens (including phenoxy) is 1. The smallest absolute Gasteiger partial charge is 0.341 e. The molecule has 0 aliphatic heterocycles. The first-order valence-corrected chi connectivity index (χ1v) is 10.4. The number of hydrogen-bond acceptors (Lipinski definition) is 6. The fourth-order valence-corrected chi connectivity index (χ4v) is 4.58. The summed E-state index contributed by atoms with van der Waals surface area (Å²) in [6.07, 6.45) is 3.78. The van der Waals surface area contributed by atoms with Gasteiger partial charge in [-0.15, -0.1) is 11.3 Å². The zero-order valence-electron chi connectivity index (χ0n) is 16.7. The number of hydrazone groups is 1. The molecule has 0 bridgehead atoms. The molecule has 0 fully saturated rings. The second-order valence-corrected chi connectivity index (χ2v) is 8.09. The topological polar surface area (TPSA) is 96.9 Å². The summed E-state index contributed by atoms with van der Waals surface area (Å²) >= 11 is 1.30. The molecule has 1 aliphatic rings. The van der Waals surface area contributed by atoms with Crippen molar-refractivity contribution in [2.45, 2.75) is 33.1 Å². The van der Waals surface area contributed by atoms with E-state index in [9.17, 15) is 18.8 Å². The maximum absolute atomic E-state index is 12.9. The van der Waals surface area contributed by atoms with Crippen LogP contribution in [0, 0.1) is 11.7 Å². The average molecular weight is 431 g/mol. The monoisotopic (exact) mass is 431 g/mol. The number of carbonyl (C=O) groups is 3. The number of fused-ring (bicyclic) bond motifs is 1. The Morgan fingerprint density at radius 3 is 2.70 bits per heavy atom. The number of anilines is 1. The Kier molecular flexibility index (Phi) is 6.94. The second kappa shape index (κ2) is 9.62. The molecular weight excluding hydrogens is 409 g/mol. The molecule has 9 heteroatoms. The van der Waals surface area contributed by atoms with Gasteiger partial charge in [0.05, 0.1) is 18.4 Å². The van der Waals surface area contributed by atoms with Crippen LogP contribution in [0.1, 0.15) is 46.6 Å². The highest BCUT2D eigenvalue weighted by Crippen LogP contribution is 2.40. The van der Waals surface area contributed by atoms with Crippen LogP contribution >= 0.6 is 11.3 Å². The van der Waals surface area contributed by atoms with Crippen LogP contribution in [0.4, 0.5) is 9.39 Å². The first-order valence-electron chi connectivity index (χ1n) is 9.60. The van der Waals surface area contributed by atoms with E-state index in [-0.39, 0.29) is 12.4 Å². The lowest BCUT2D eigenvalue weighted by atomic mass is 9.88. The number of benzene rings is 1. The predicted molar refractivity (Wildman–Crippen MR) is 112 cm³/mol. The third-order valence-corrected chi connectivity index (χ3v) is 5.84. The summed E-state index contributed by atoms with van der Waals surface area (Å²) in [6, 6.07) is 5.47. The number of halogens is 1. The van der Waals surface area contributed by atoms with Crippen LogP contribution in [0.5, 0.6) is 0 Å². The summed E-state index contributed by atoms with van der Waals surface area (Å²) in [5.74, 6) is -2.33. The zero-order chi connectivity index (χ0) is 21.7. The average Bonchev–Trinajstić information content (AvgIpc) is 3.06. The number of nitrogens with zero attached hydrogens (tertiary/aromatic N) is 1. The first-order chi connectivity index (χ1) is 14.4. The van der Waals surface area contributed by atoms with E-state index < -0.39 is 17.8 Å². The molecule has 3 rings (SSSR count). The largest absolute Gasteiger partial charge is 0.462 e. The predicted octanol–water partition coefficient (Wildman–Crippen LogP) is 3.28. The summed E-state index contributed by atoms with van der Waals surface area (Å²) in [5, 5.41) is 6.54. The quantitative estimate of drug-likeness (QED) is 0.329.